The Morgan fingerprint density at radius 3 is 2.63 bits per heavy atom. The van der Waals surface area contributed by atoms with Gasteiger partial charge >= 0.3 is 6.18 Å². The average molecular weight is 459 g/mol. The summed E-state index contributed by atoms with van der Waals surface area (Å²) in [6.07, 6.45) is -1.93. The average Bonchev–Trinajstić information content (AvgIpc) is 3.12. The van der Waals surface area contributed by atoms with Gasteiger partial charge in [-0.3, -0.25) is 4.79 Å². The number of H-pyrrole nitrogens is 1. The van der Waals surface area contributed by atoms with E-state index in [0.717, 1.165) is 12.1 Å². The highest BCUT2D eigenvalue weighted by atomic mass is 35.5. The Bertz CT molecular complexity index is 1040. The van der Waals surface area contributed by atoms with Crippen molar-refractivity contribution in [1.82, 2.24) is 9.88 Å². The molecule has 2 heterocycles. The van der Waals surface area contributed by atoms with Crippen molar-refractivity contribution >= 4 is 40.0 Å². The van der Waals surface area contributed by atoms with Crippen LogP contribution < -0.4 is 0 Å². The maximum atomic E-state index is 13.0. The van der Waals surface area contributed by atoms with E-state index in [-0.39, 0.29) is 12.3 Å². The number of rotatable bonds is 3. The molecule has 2 aliphatic rings. The Morgan fingerprint density at radius 2 is 1.93 bits per heavy atom. The number of aromatic amines is 1. The summed E-state index contributed by atoms with van der Waals surface area (Å²) in [5, 5.41) is 1.50. The van der Waals surface area contributed by atoms with Gasteiger partial charge in [0.15, 0.2) is 0 Å². The normalized spacial score (nSPS) is 20.6. The van der Waals surface area contributed by atoms with Crippen molar-refractivity contribution in [3.8, 4) is 0 Å². The van der Waals surface area contributed by atoms with Gasteiger partial charge in [0.05, 0.1) is 24.7 Å². The second kappa shape index (κ2) is 8.29. The molecule has 9 heteroatoms. The number of nitrogens with zero attached hydrogens (tertiary/aromatic N) is 1. The van der Waals surface area contributed by atoms with Crippen molar-refractivity contribution in [2.24, 2.45) is 5.92 Å². The van der Waals surface area contributed by atoms with E-state index in [9.17, 15) is 18.0 Å². The molecule has 2 aromatic rings. The number of carbonyl (C=O) groups excluding carboxylic acids is 1. The molecule has 1 aromatic carbocycles. The van der Waals surface area contributed by atoms with Gasteiger partial charge in [-0.15, -0.1) is 0 Å². The first-order valence-electron chi connectivity index (χ1n) is 9.54. The predicted molar refractivity (Wildman–Crippen MR) is 109 cm³/mol. The number of hydrogen-bond donors (Lipinski definition) is 1. The van der Waals surface area contributed by atoms with E-state index >= 15 is 0 Å². The highest BCUT2D eigenvalue weighted by Gasteiger charge is 2.33. The highest BCUT2D eigenvalue weighted by Crippen LogP contribution is 2.38. The fourth-order valence-corrected chi connectivity index (χ4v) is 4.46. The fourth-order valence-electron chi connectivity index (χ4n) is 3.80. The van der Waals surface area contributed by atoms with Gasteiger partial charge in [0.25, 0.3) is 0 Å². The van der Waals surface area contributed by atoms with Gasteiger partial charge in [0, 0.05) is 40.8 Å². The molecule has 1 aromatic heterocycles. The number of ether oxygens (including phenoxy) is 1. The molecule has 0 saturated carbocycles. The molecule has 1 atom stereocenters. The van der Waals surface area contributed by atoms with Gasteiger partial charge in [0.1, 0.15) is 0 Å². The van der Waals surface area contributed by atoms with Gasteiger partial charge in [-0.05, 0) is 35.6 Å². The lowest BCUT2D eigenvalue weighted by Gasteiger charge is -2.31. The molecule has 1 aliphatic carbocycles. The van der Waals surface area contributed by atoms with Crippen LogP contribution in [0, 0.1) is 5.92 Å². The van der Waals surface area contributed by atoms with Gasteiger partial charge in [-0.25, -0.2) is 0 Å². The molecule has 30 heavy (non-hydrogen) atoms. The number of allylic oxidation sites excluding steroid dienone is 3. The van der Waals surface area contributed by atoms with Crippen molar-refractivity contribution in [2.75, 3.05) is 26.3 Å². The molecule has 4 rings (SSSR count). The van der Waals surface area contributed by atoms with Crippen LogP contribution in [0.5, 0.6) is 0 Å². The molecule has 1 unspecified atom stereocenters. The molecule has 160 valence electrons. The van der Waals surface area contributed by atoms with Crippen molar-refractivity contribution < 1.29 is 22.7 Å². The minimum absolute atomic E-state index is 0.0623. The van der Waals surface area contributed by atoms with Gasteiger partial charge in [0.2, 0.25) is 5.91 Å². The van der Waals surface area contributed by atoms with E-state index < -0.39 is 17.7 Å². The SMILES string of the molecule is O=C(C1CC=C(Cl)C(Cc2cc3ccc(C(F)(F)F)cc3[nH]2)=C1Cl)N1CCOCC1. The maximum absolute atomic E-state index is 13.0. The predicted octanol–water partition coefficient (Wildman–Crippen LogP) is 5.22. The van der Waals surface area contributed by atoms with Gasteiger partial charge in [-0.2, -0.15) is 13.2 Å². The molecule has 1 saturated heterocycles. The summed E-state index contributed by atoms with van der Waals surface area (Å²) in [7, 11) is 0. The second-order valence-corrected chi connectivity index (χ2v) is 8.19. The molecular weight excluding hydrogens is 440 g/mol. The minimum Gasteiger partial charge on any atom is -0.378 e. The summed E-state index contributed by atoms with van der Waals surface area (Å²) in [5.74, 6) is -0.573. The van der Waals surface area contributed by atoms with Crippen LogP contribution in [0.2, 0.25) is 0 Å². The molecule has 0 bridgehead atoms. The van der Waals surface area contributed by atoms with E-state index in [1.165, 1.54) is 6.07 Å². The van der Waals surface area contributed by atoms with E-state index in [2.05, 4.69) is 4.98 Å². The number of carbonyl (C=O) groups is 1. The highest BCUT2D eigenvalue weighted by molar-refractivity contribution is 6.37. The summed E-state index contributed by atoms with van der Waals surface area (Å²) >= 11 is 13.0. The first-order valence-corrected chi connectivity index (χ1v) is 10.3. The van der Waals surface area contributed by atoms with Gasteiger partial charge < -0.3 is 14.6 Å². The van der Waals surface area contributed by atoms with E-state index in [4.69, 9.17) is 27.9 Å². The Labute approximate surface area is 181 Å². The van der Waals surface area contributed by atoms with Crippen LogP contribution in [-0.4, -0.2) is 42.1 Å². The standard InChI is InChI=1S/C21H19Cl2F3N2O2/c22-17-4-3-15(20(29)28-5-7-30-8-6-28)19(23)16(17)11-14-9-12-1-2-13(21(24,25)26)10-18(12)27-14/h1-2,4,9-10,15,27H,3,5-8,11H2. The molecule has 4 nitrogen and oxygen atoms in total. The summed E-state index contributed by atoms with van der Waals surface area (Å²) in [6, 6.07) is 5.33. The first-order chi connectivity index (χ1) is 14.2. The summed E-state index contributed by atoms with van der Waals surface area (Å²) < 4.78 is 44.2. The van der Waals surface area contributed by atoms with Crippen LogP contribution >= 0.6 is 23.2 Å². The fraction of sp³-hybridized carbons (Fsp3) is 0.381. The van der Waals surface area contributed by atoms with Crippen LogP contribution in [0.15, 0.2) is 46.0 Å². The Morgan fingerprint density at radius 1 is 1.20 bits per heavy atom. The number of alkyl halides is 3. The summed E-state index contributed by atoms with van der Waals surface area (Å²) in [6.45, 7) is 2.04. The largest absolute Gasteiger partial charge is 0.416 e. The number of benzene rings is 1. The zero-order valence-corrected chi connectivity index (χ0v) is 17.4. The van der Waals surface area contributed by atoms with Crippen molar-refractivity contribution in [2.45, 2.75) is 19.0 Å². The zero-order valence-electron chi connectivity index (χ0n) is 15.9. The Kier molecular flexibility index (Phi) is 5.88. The molecule has 0 radical (unpaired) electrons. The number of halogens is 5. The molecular formula is C21H19Cl2F3N2O2. The maximum Gasteiger partial charge on any atom is 0.416 e. The smallest absolute Gasteiger partial charge is 0.378 e. The van der Waals surface area contributed by atoms with E-state index in [1.807, 2.05) is 0 Å². The topological polar surface area (TPSA) is 45.3 Å². The Balaban J connectivity index is 1.60. The van der Waals surface area contributed by atoms with E-state index in [1.54, 1.807) is 17.0 Å². The van der Waals surface area contributed by atoms with Crippen molar-refractivity contribution in [3.63, 3.8) is 0 Å². The van der Waals surface area contributed by atoms with Crippen LogP contribution in [0.25, 0.3) is 10.9 Å². The number of fused-ring (bicyclic) bond motifs is 1. The minimum atomic E-state index is -4.41. The number of aromatic nitrogens is 1. The monoisotopic (exact) mass is 458 g/mol. The van der Waals surface area contributed by atoms with Crippen LogP contribution in [0.4, 0.5) is 13.2 Å². The van der Waals surface area contributed by atoms with Crippen LogP contribution in [0.1, 0.15) is 17.7 Å². The second-order valence-electron chi connectivity index (χ2n) is 7.38. The number of hydrogen-bond acceptors (Lipinski definition) is 2. The summed E-state index contributed by atoms with van der Waals surface area (Å²) in [5.41, 5.74) is 0.947. The van der Waals surface area contributed by atoms with Crippen molar-refractivity contribution in [1.29, 1.82) is 0 Å². The third kappa shape index (κ3) is 4.24. The van der Waals surface area contributed by atoms with E-state index in [0.29, 0.717) is 65.0 Å². The van der Waals surface area contributed by atoms with Crippen LogP contribution in [0.3, 0.4) is 0 Å². The van der Waals surface area contributed by atoms with Gasteiger partial charge in [-0.1, -0.05) is 35.3 Å². The third-order valence-electron chi connectivity index (χ3n) is 5.41. The lowest BCUT2D eigenvalue weighted by molar-refractivity contribution is -0.138. The third-order valence-corrected chi connectivity index (χ3v) is 6.28. The van der Waals surface area contributed by atoms with Crippen LogP contribution in [-0.2, 0) is 22.1 Å². The number of amides is 1. The molecule has 0 spiro atoms. The van der Waals surface area contributed by atoms with Crippen molar-refractivity contribution in [3.05, 3.63) is 57.2 Å². The molecule has 1 fully saturated rings. The number of nitrogens with one attached hydrogen (secondary N) is 1. The molecule has 1 N–H and O–H groups in total. The lowest BCUT2D eigenvalue weighted by atomic mass is 9.92. The molecule has 1 amide bonds. The molecule has 1 aliphatic heterocycles. The quantitative estimate of drug-likeness (QED) is 0.684. The first kappa shape index (κ1) is 21.3. The summed E-state index contributed by atoms with van der Waals surface area (Å²) in [4.78, 5) is 17.7. The number of morpholine rings is 1. The Hall–Kier alpha value is -1.96. The lowest BCUT2D eigenvalue weighted by Crippen LogP contribution is -2.44. The zero-order chi connectivity index (χ0) is 21.5.